The van der Waals surface area contributed by atoms with Gasteiger partial charge in [-0.05, 0) is 51.7 Å². The van der Waals surface area contributed by atoms with Crippen LogP contribution in [-0.2, 0) is 11.3 Å². The maximum atomic E-state index is 12.7. The Balaban J connectivity index is 1.79. The molecule has 1 aromatic carbocycles. The molecule has 1 aliphatic heterocycles. The van der Waals surface area contributed by atoms with Crippen LogP contribution in [0, 0.1) is 0 Å². The Morgan fingerprint density at radius 2 is 1.93 bits per heavy atom. The third-order valence-corrected chi connectivity index (χ3v) is 4.51. The van der Waals surface area contributed by atoms with Crippen LogP contribution in [0.25, 0.3) is 0 Å². The zero-order valence-corrected chi connectivity index (χ0v) is 16.4. The van der Waals surface area contributed by atoms with E-state index in [1.807, 2.05) is 68.1 Å². The van der Waals surface area contributed by atoms with E-state index in [1.165, 1.54) is 0 Å². The summed E-state index contributed by atoms with van der Waals surface area (Å²) in [6.45, 7) is 6.81. The first kappa shape index (κ1) is 19.2. The van der Waals surface area contributed by atoms with Crippen LogP contribution in [0.5, 0.6) is 5.88 Å². The number of rotatable bonds is 4. The first-order valence-electron chi connectivity index (χ1n) is 9.55. The molecule has 3 rings (SSSR count). The van der Waals surface area contributed by atoms with Crippen LogP contribution >= 0.6 is 0 Å². The summed E-state index contributed by atoms with van der Waals surface area (Å²) >= 11 is 0. The molecule has 5 nitrogen and oxygen atoms in total. The highest BCUT2D eigenvalue weighted by atomic mass is 16.6. The van der Waals surface area contributed by atoms with Gasteiger partial charge in [0.25, 0.3) is 0 Å². The first-order valence-corrected chi connectivity index (χ1v) is 9.55. The molecule has 2 heterocycles. The average molecular weight is 368 g/mol. The summed E-state index contributed by atoms with van der Waals surface area (Å²) in [5, 5.41) is 0. The summed E-state index contributed by atoms with van der Waals surface area (Å²) in [4.78, 5) is 19.0. The monoisotopic (exact) mass is 368 g/mol. The molecule has 27 heavy (non-hydrogen) atoms. The molecule has 0 spiro atoms. The van der Waals surface area contributed by atoms with Crippen molar-refractivity contribution in [2.24, 2.45) is 0 Å². The smallest absolute Gasteiger partial charge is 0.410 e. The summed E-state index contributed by atoms with van der Waals surface area (Å²) in [6.07, 6.45) is 4.38. The van der Waals surface area contributed by atoms with Gasteiger partial charge in [-0.3, -0.25) is 0 Å². The lowest BCUT2D eigenvalue weighted by Gasteiger charge is -2.37. The second kappa shape index (κ2) is 8.42. The van der Waals surface area contributed by atoms with E-state index in [0.717, 1.165) is 30.4 Å². The van der Waals surface area contributed by atoms with E-state index in [9.17, 15) is 4.79 Å². The van der Waals surface area contributed by atoms with Crippen molar-refractivity contribution < 1.29 is 14.3 Å². The summed E-state index contributed by atoms with van der Waals surface area (Å²) in [5.41, 5.74) is 1.52. The standard InChI is InChI=1S/C22H28N2O3/c1-22(2,3)27-21(25)24-15-8-7-13-19(24)18-12-9-14-23-20(18)26-16-17-10-5-4-6-11-17/h4-6,9-12,14,19H,7-8,13,15-16H2,1-3H3. The van der Waals surface area contributed by atoms with Gasteiger partial charge < -0.3 is 14.4 Å². The van der Waals surface area contributed by atoms with Gasteiger partial charge in [-0.15, -0.1) is 0 Å². The Kier molecular flexibility index (Phi) is 5.99. The molecular weight excluding hydrogens is 340 g/mol. The van der Waals surface area contributed by atoms with E-state index >= 15 is 0 Å². The summed E-state index contributed by atoms with van der Waals surface area (Å²) in [5.74, 6) is 0.585. The largest absolute Gasteiger partial charge is 0.473 e. The lowest BCUT2D eigenvalue weighted by molar-refractivity contribution is 0.00913. The topological polar surface area (TPSA) is 51.7 Å². The van der Waals surface area contributed by atoms with Gasteiger partial charge in [0.05, 0.1) is 6.04 Å². The normalized spacial score (nSPS) is 17.4. The number of likely N-dealkylation sites (tertiary alicyclic amines) is 1. The van der Waals surface area contributed by atoms with E-state index in [-0.39, 0.29) is 12.1 Å². The van der Waals surface area contributed by atoms with Crippen molar-refractivity contribution in [2.45, 2.75) is 58.3 Å². The Hall–Kier alpha value is -2.56. The summed E-state index contributed by atoms with van der Waals surface area (Å²) < 4.78 is 11.6. The van der Waals surface area contributed by atoms with E-state index < -0.39 is 5.60 Å². The fourth-order valence-corrected chi connectivity index (χ4v) is 3.30. The van der Waals surface area contributed by atoms with Crippen molar-refractivity contribution in [2.75, 3.05) is 6.54 Å². The molecule has 1 atom stereocenters. The molecule has 1 aliphatic rings. The fraction of sp³-hybridized carbons (Fsp3) is 0.455. The van der Waals surface area contributed by atoms with Crippen LogP contribution in [0.15, 0.2) is 48.7 Å². The van der Waals surface area contributed by atoms with Crippen molar-refractivity contribution in [1.29, 1.82) is 0 Å². The number of hydrogen-bond acceptors (Lipinski definition) is 4. The summed E-state index contributed by atoms with van der Waals surface area (Å²) in [7, 11) is 0. The van der Waals surface area contributed by atoms with Gasteiger partial charge in [0, 0.05) is 18.3 Å². The molecule has 0 bridgehead atoms. The molecule has 5 heteroatoms. The Morgan fingerprint density at radius 1 is 1.15 bits per heavy atom. The minimum Gasteiger partial charge on any atom is -0.473 e. The zero-order valence-electron chi connectivity index (χ0n) is 16.4. The number of benzene rings is 1. The molecule has 0 radical (unpaired) electrons. The third-order valence-electron chi connectivity index (χ3n) is 4.51. The highest BCUT2D eigenvalue weighted by Crippen LogP contribution is 2.36. The SMILES string of the molecule is CC(C)(C)OC(=O)N1CCCCC1c1cccnc1OCc1ccccc1. The Morgan fingerprint density at radius 3 is 2.67 bits per heavy atom. The number of hydrogen-bond donors (Lipinski definition) is 0. The average Bonchev–Trinajstić information content (AvgIpc) is 2.66. The highest BCUT2D eigenvalue weighted by Gasteiger charge is 2.33. The third kappa shape index (κ3) is 5.22. The first-order chi connectivity index (χ1) is 12.9. The Labute approximate surface area is 161 Å². The predicted molar refractivity (Wildman–Crippen MR) is 105 cm³/mol. The number of nitrogens with zero attached hydrogens (tertiary/aromatic N) is 2. The van der Waals surface area contributed by atoms with Crippen LogP contribution in [0.2, 0.25) is 0 Å². The van der Waals surface area contributed by atoms with E-state index in [0.29, 0.717) is 19.0 Å². The molecule has 1 aromatic heterocycles. The van der Waals surface area contributed by atoms with Crippen LogP contribution in [0.1, 0.15) is 57.2 Å². The quantitative estimate of drug-likeness (QED) is 0.751. The maximum Gasteiger partial charge on any atom is 0.410 e. The molecule has 0 aliphatic carbocycles. The van der Waals surface area contributed by atoms with Crippen molar-refractivity contribution in [3.63, 3.8) is 0 Å². The van der Waals surface area contributed by atoms with E-state index in [4.69, 9.17) is 9.47 Å². The molecule has 1 fully saturated rings. The number of piperidine rings is 1. The van der Waals surface area contributed by atoms with Gasteiger partial charge in [0.15, 0.2) is 0 Å². The number of carbonyl (C=O) groups is 1. The number of pyridine rings is 1. The van der Waals surface area contributed by atoms with Crippen molar-refractivity contribution in [3.05, 3.63) is 59.8 Å². The van der Waals surface area contributed by atoms with Crippen molar-refractivity contribution >= 4 is 6.09 Å². The number of amides is 1. The van der Waals surface area contributed by atoms with Crippen molar-refractivity contribution in [3.8, 4) is 5.88 Å². The lowest BCUT2D eigenvalue weighted by Crippen LogP contribution is -2.42. The van der Waals surface area contributed by atoms with Gasteiger partial charge in [-0.1, -0.05) is 36.4 Å². The fourth-order valence-electron chi connectivity index (χ4n) is 3.30. The van der Waals surface area contributed by atoms with Gasteiger partial charge >= 0.3 is 6.09 Å². The van der Waals surface area contributed by atoms with E-state index in [2.05, 4.69) is 4.98 Å². The second-order valence-corrected chi connectivity index (χ2v) is 7.86. The minimum absolute atomic E-state index is 0.0759. The highest BCUT2D eigenvalue weighted by molar-refractivity contribution is 5.69. The van der Waals surface area contributed by atoms with E-state index in [1.54, 1.807) is 6.20 Å². The zero-order chi connectivity index (χ0) is 19.3. The lowest BCUT2D eigenvalue weighted by atomic mass is 9.96. The van der Waals surface area contributed by atoms with Gasteiger partial charge in [-0.25, -0.2) is 9.78 Å². The molecular formula is C22H28N2O3. The van der Waals surface area contributed by atoms with Crippen LogP contribution < -0.4 is 4.74 Å². The molecule has 2 aromatic rings. The molecule has 1 amide bonds. The maximum absolute atomic E-state index is 12.7. The van der Waals surface area contributed by atoms with Crippen LogP contribution in [0.4, 0.5) is 4.79 Å². The van der Waals surface area contributed by atoms with Crippen molar-refractivity contribution in [1.82, 2.24) is 9.88 Å². The van der Waals surface area contributed by atoms with Gasteiger partial charge in [-0.2, -0.15) is 0 Å². The van der Waals surface area contributed by atoms with Gasteiger partial charge in [0.1, 0.15) is 12.2 Å². The van der Waals surface area contributed by atoms with Crippen LogP contribution in [-0.4, -0.2) is 28.1 Å². The number of carbonyl (C=O) groups excluding carboxylic acids is 1. The molecule has 144 valence electrons. The number of aromatic nitrogens is 1. The summed E-state index contributed by atoms with van der Waals surface area (Å²) in [6, 6.07) is 13.8. The number of ether oxygens (including phenoxy) is 2. The molecule has 0 saturated carbocycles. The molecule has 1 unspecified atom stereocenters. The Bertz CT molecular complexity index is 756. The molecule has 1 saturated heterocycles. The predicted octanol–water partition coefficient (Wildman–Crippen LogP) is 5.12. The minimum atomic E-state index is -0.513. The van der Waals surface area contributed by atoms with Gasteiger partial charge in [0.2, 0.25) is 5.88 Å². The second-order valence-electron chi connectivity index (χ2n) is 7.86. The molecule has 0 N–H and O–H groups in total. The van der Waals surface area contributed by atoms with Crippen LogP contribution in [0.3, 0.4) is 0 Å².